The average molecular weight is 540 g/mol. The number of allylic oxidation sites excluding steroid dienone is 1. The normalized spacial score (nSPS) is 20.7. The number of hydrogen-bond donors (Lipinski definition) is 1. The summed E-state index contributed by atoms with van der Waals surface area (Å²) in [7, 11) is -2.88. The molecule has 0 unspecified atom stereocenters. The number of methoxy groups -OCH3 is 1. The van der Waals surface area contributed by atoms with Gasteiger partial charge in [0.25, 0.3) is 0 Å². The average Bonchev–Trinajstić information content (AvgIpc) is 3.46. The molecule has 2 aliphatic rings. The topological polar surface area (TPSA) is 102 Å². The van der Waals surface area contributed by atoms with E-state index in [9.17, 15) is 22.7 Å². The minimum atomic E-state index is -4.09. The summed E-state index contributed by atoms with van der Waals surface area (Å²) in [5, 5.41) is 14.3. The van der Waals surface area contributed by atoms with Gasteiger partial charge in [0.1, 0.15) is 5.82 Å². The molecular formula is C28H30FN3O5S. The molecule has 0 spiro atoms. The molecule has 5 rings (SSSR count). The van der Waals surface area contributed by atoms with E-state index in [2.05, 4.69) is 18.1 Å². The van der Waals surface area contributed by atoms with Crippen molar-refractivity contribution >= 4 is 22.1 Å². The Balaban J connectivity index is 1.45. The molecule has 0 amide bonds. The molecule has 200 valence electrons. The van der Waals surface area contributed by atoms with Gasteiger partial charge < -0.3 is 9.84 Å². The molecule has 1 saturated carbocycles. The number of esters is 1. The van der Waals surface area contributed by atoms with Gasteiger partial charge in [-0.05, 0) is 78.6 Å². The molecule has 0 aliphatic heterocycles. The lowest BCUT2D eigenvalue weighted by Gasteiger charge is -2.38. The Morgan fingerprint density at radius 1 is 1.24 bits per heavy atom. The van der Waals surface area contributed by atoms with Crippen LogP contribution in [0.5, 0.6) is 0 Å². The Labute approximate surface area is 221 Å². The van der Waals surface area contributed by atoms with E-state index in [1.54, 1.807) is 28.9 Å². The summed E-state index contributed by atoms with van der Waals surface area (Å²) in [5.41, 5.74) is 3.65. The van der Waals surface area contributed by atoms with Gasteiger partial charge in [0.2, 0.25) is 10.0 Å². The van der Waals surface area contributed by atoms with Gasteiger partial charge in [-0.2, -0.15) is 9.40 Å². The third-order valence-electron chi connectivity index (χ3n) is 7.91. The fraction of sp³-hybridized carbons (Fsp3) is 0.357. The highest BCUT2D eigenvalue weighted by atomic mass is 32.2. The number of aliphatic hydroxyl groups is 1. The number of carbonyl (C=O) groups is 1. The summed E-state index contributed by atoms with van der Waals surface area (Å²) in [6.07, 6.45) is 6.23. The molecule has 2 aliphatic carbocycles. The molecule has 0 radical (unpaired) electrons. The second-order valence-corrected chi connectivity index (χ2v) is 11.9. The minimum Gasteiger partial charge on any atom is -0.465 e. The molecule has 10 heteroatoms. The van der Waals surface area contributed by atoms with Gasteiger partial charge in [-0.1, -0.05) is 24.6 Å². The SMILES string of the molecule is COC(=O)c1ccccc1S(=O)(=O)N(CCO)C[C@H]1CCC2=Cc3c(cnn3-c3ccc(F)cc3)C[C@@]21C. The van der Waals surface area contributed by atoms with Gasteiger partial charge in [0, 0.05) is 13.1 Å². The Kier molecular flexibility index (Phi) is 6.97. The molecule has 1 heterocycles. The lowest BCUT2D eigenvalue weighted by atomic mass is 9.70. The van der Waals surface area contributed by atoms with Gasteiger partial charge in [0.05, 0.1) is 41.8 Å². The number of aromatic nitrogens is 2. The maximum absolute atomic E-state index is 13.8. The summed E-state index contributed by atoms with van der Waals surface area (Å²) in [5.74, 6) is -1.05. The van der Waals surface area contributed by atoms with E-state index in [0.29, 0.717) is 6.42 Å². The number of aliphatic hydroxyl groups excluding tert-OH is 1. The first-order valence-electron chi connectivity index (χ1n) is 12.5. The standard InChI is InChI=1S/C28H30FN3O5S/c1-28-16-19-17-30-32(23-11-9-22(29)10-12-23)25(19)15-20(28)7-8-21(28)18-31(13-14-33)38(35,36)26-6-4-3-5-24(26)27(34)37-2/h3-6,9-12,15,17,21,33H,7-8,13-14,16,18H2,1-2H3/t21-,28+/m1/s1. The molecule has 1 aromatic heterocycles. The zero-order chi connectivity index (χ0) is 27.1. The number of carbonyl (C=O) groups excluding carboxylic acids is 1. The van der Waals surface area contributed by atoms with Crippen LogP contribution in [0.2, 0.25) is 0 Å². The van der Waals surface area contributed by atoms with Crippen molar-refractivity contribution in [1.29, 1.82) is 0 Å². The predicted octanol–water partition coefficient (Wildman–Crippen LogP) is 3.84. The third-order valence-corrected chi connectivity index (χ3v) is 9.83. The Morgan fingerprint density at radius 2 is 1.97 bits per heavy atom. The van der Waals surface area contributed by atoms with E-state index >= 15 is 0 Å². The second-order valence-electron chi connectivity index (χ2n) is 10.0. The van der Waals surface area contributed by atoms with Gasteiger partial charge in [0.15, 0.2) is 0 Å². The van der Waals surface area contributed by atoms with Crippen molar-refractivity contribution in [3.63, 3.8) is 0 Å². The highest BCUT2D eigenvalue weighted by Crippen LogP contribution is 2.53. The molecule has 38 heavy (non-hydrogen) atoms. The molecule has 0 saturated heterocycles. The molecule has 1 fully saturated rings. The second kappa shape index (κ2) is 10.1. The molecule has 2 atom stereocenters. The molecule has 8 nitrogen and oxygen atoms in total. The van der Waals surface area contributed by atoms with Gasteiger partial charge in [-0.25, -0.2) is 22.3 Å². The summed E-state index contributed by atoms with van der Waals surface area (Å²) in [6, 6.07) is 12.2. The minimum absolute atomic E-state index is 0.0114. The van der Waals surface area contributed by atoms with Crippen LogP contribution in [0, 0.1) is 17.2 Å². The number of rotatable bonds is 8. The molecule has 3 aromatic rings. The van der Waals surface area contributed by atoms with Crippen LogP contribution in [-0.2, 0) is 21.2 Å². The van der Waals surface area contributed by atoms with Crippen LogP contribution < -0.4 is 0 Å². The van der Waals surface area contributed by atoms with Crippen LogP contribution in [0.1, 0.15) is 41.4 Å². The van der Waals surface area contributed by atoms with Crippen LogP contribution >= 0.6 is 0 Å². The number of halogens is 1. The first kappa shape index (κ1) is 26.3. The maximum atomic E-state index is 13.8. The van der Waals surface area contributed by atoms with E-state index < -0.39 is 16.0 Å². The number of sulfonamides is 1. The number of fused-ring (bicyclic) bond motifs is 2. The summed E-state index contributed by atoms with van der Waals surface area (Å²) >= 11 is 0. The highest BCUT2D eigenvalue weighted by molar-refractivity contribution is 7.89. The largest absolute Gasteiger partial charge is 0.465 e. The highest BCUT2D eigenvalue weighted by Gasteiger charge is 2.47. The number of ether oxygens (including phenoxy) is 1. The lowest BCUT2D eigenvalue weighted by molar-refractivity contribution is 0.0596. The third kappa shape index (κ3) is 4.46. The molecule has 0 bridgehead atoms. The molecule has 1 N–H and O–H groups in total. The van der Waals surface area contributed by atoms with Gasteiger partial charge in [-0.3, -0.25) is 0 Å². The Hall–Kier alpha value is -3.34. The number of hydrogen-bond acceptors (Lipinski definition) is 6. The van der Waals surface area contributed by atoms with Crippen LogP contribution in [0.15, 0.2) is 65.2 Å². The fourth-order valence-corrected chi connectivity index (χ4v) is 7.45. The van der Waals surface area contributed by atoms with Crippen molar-refractivity contribution in [3.8, 4) is 5.69 Å². The van der Waals surface area contributed by atoms with Crippen molar-refractivity contribution in [2.75, 3.05) is 26.8 Å². The van der Waals surface area contributed by atoms with Crippen LogP contribution in [-0.4, -0.2) is 60.4 Å². The van der Waals surface area contributed by atoms with Crippen molar-refractivity contribution < 1.29 is 27.4 Å². The quantitative estimate of drug-likeness (QED) is 0.437. The van der Waals surface area contributed by atoms with Crippen LogP contribution in [0.4, 0.5) is 4.39 Å². The molecular weight excluding hydrogens is 509 g/mol. The van der Waals surface area contributed by atoms with Gasteiger partial charge >= 0.3 is 5.97 Å². The molecule has 2 aromatic carbocycles. The summed E-state index contributed by atoms with van der Waals surface area (Å²) in [4.78, 5) is 12.2. The van der Waals surface area contributed by atoms with Crippen molar-refractivity contribution in [2.24, 2.45) is 11.3 Å². The Bertz CT molecular complexity index is 1500. The zero-order valence-corrected chi connectivity index (χ0v) is 22.1. The first-order valence-corrected chi connectivity index (χ1v) is 14.0. The van der Waals surface area contributed by atoms with Crippen LogP contribution in [0.25, 0.3) is 11.8 Å². The van der Waals surface area contributed by atoms with Crippen LogP contribution in [0.3, 0.4) is 0 Å². The zero-order valence-electron chi connectivity index (χ0n) is 21.3. The van der Waals surface area contributed by atoms with Crippen molar-refractivity contribution in [2.45, 2.75) is 31.1 Å². The number of benzene rings is 2. The van der Waals surface area contributed by atoms with E-state index in [1.807, 2.05) is 6.20 Å². The predicted molar refractivity (Wildman–Crippen MR) is 140 cm³/mol. The monoisotopic (exact) mass is 539 g/mol. The van der Waals surface area contributed by atoms with Crippen molar-refractivity contribution in [3.05, 3.63) is 82.9 Å². The lowest BCUT2D eigenvalue weighted by Crippen LogP contribution is -2.42. The fourth-order valence-electron chi connectivity index (χ4n) is 5.79. The Morgan fingerprint density at radius 3 is 2.68 bits per heavy atom. The summed E-state index contributed by atoms with van der Waals surface area (Å²) < 4.78 is 48.8. The smallest absolute Gasteiger partial charge is 0.339 e. The number of nitrogens with zero attached hydrogens (tertiary/aromatic N) is 3. The first-order chi connectivity index (χ1) is 18.2. The van der Waals surface area contributed by atoms with Gasteiger partial charge in [-0.15, -0.1) is 0 Å². The van der Waals surface area contributed by atoms with E-state index in [4.69, 9.17) is 4.74 Å². The van der Waals surface area contributed by atoms with E-state index in [0.717, 1.165) is 29.8 Å². The van der Waals surface area contributed by atoms with E-state index in [1.165, 1.54) is 41.3 Å². The maximum Gasteiger partial charge on any atom is 0.339 e. The van der Waals surface area contributed by atoms with Crippen molar-refractivity contribution in [1.82, 2.24) is 14.1 Å². The summed E-state index contributed by atoms with van der Waals surface area (Å²) in [6.45, 7) is 1.92. The van der Waals surface area contributed by atoms with E-state index in [-0.39, 0.29) is 47.3 Å².